The zero-order valence-corrected chi connectivity index (χ0v) is 19.0. The number of nitrogens with zero attached hydrogens (tertiary/aromatic N) is 2. The van der Waals surface area contributed by atoms with Gasteiger partial charge in [0, 0.05) is 44.4 Å². The molecule has 1 N–H and O–H groups in total. The van der Waals surface area contributed by atoms with Crippen LogP contribution in [0.3, 0.4) is 0 Å². The molecular formula is C22H27N3O5S. The highest BCUT2D eigenvalue weighted by molar-refractivity contribution is 7.89. The molecule has 0 aliphatic carbocycles. The molecule has 1 aliphatic rings. The minimum Gasteiger partial charge on any atom is -0.495 e. The summed E-state index contributed by atoms with van der Waals surface area (Å²) in [5.41, 5.74) is 2.81. The van der Waals surface area contributed by atoms with Crippen molar-refractivity contribution in [1.82, 2.24) is 9.21 Å². The Kier molecular flexibility index (Phi) is 6.66. The van der Waals surface area contributed by atoms with Crippen LogP contribution in [0.1, 0.15) is 28.4 Å². The third-order valence-electron chi connectivity index (χ3n) is 5.35. The standard InChI is InChI=1S/C22H27N3O5S/c1-15-12-20(30-4)21(13-16(15)2)31(28,29)25-10-8-24(9-11-25)22(27)18-6-5-7-19(14-18)23-17(3)26/h5-7,12-14H,8-11H2,1-4H3,(H,23,26). The van der Waals surface area contributed by atoms with Gasteiger partial charge in [-0.3, -0.25) is 9.59 Å². The highest BCUT2D eigenvalue weighted by Gasteiger charge is 2.32. The van der Waals surface area contributed by atoms with Gasteiger partial charge in [-0.1, -0.05) is 6.07 Å². The Hall–Kier alpha value is -2.91. The zero-order valence-electron chi connectivity index (χ0n) is 18.1. The second kappa shape index (κ2) is 9.07. The van der Waals surface area contributed by atoms with E-state index in [1.165, 1.54) is 18.3 Å². The second-order valence-corrected chi connectivity index (χ2v) is 9.45. The van der Waals surface area contributed by atoms with Crippen LogP contribution in [-0.4, -0.2) is 62.7 Å². The summed E-state index contributed by atoms with van der Waals surface area (Å²) in [5, 5.41) is 2.66. The number of rotatable bonds is 5. The van der Waals surface area contributed by atoms with Gasteiger partial charge in [0.2, 0.25) is 15.9 Å². The molecule has 0 radical (unpaired) electrons. The van der Waals surface area contributed by atoms with Gasteiger partial charge in [-0.15, -0.1) is 0 Å². The molecule has 0 atom stereocenters. The number of ether oxygens (including phenoxy) is 1. The summed E-state index contributed by atoms with van der Waals surface area (Å²) in [6.45, 7) is 6.09. The first-order chi connectivity index (χ1) is 14.6. The maximum atomic E-state index is 13.2. The van der Waals surface area contributed by atoms with Crippen molar-refractivity contribution >= 4 is 27.5 Å². The maximum absolute atomic E-state index is 13.2. The van der Waals surface area contributed by atoms with Crippen LogP contribution in [0.15, 0.2) is 41.3 Å². The highest BCUT2D eigenvalue weighted by atomic mass is 32.2. The smallest absolute Gasteiger partial charge is 0.254 e. The Morgan fingerprint density at radius 1 is 1.00 bits per heavy atom. The van der Waals surface area contributed by atoms with Crippen LogP contribution in [0.2, 0.25) is 0 Å². The molecule has 31 heavy (non-hydrogen) atoms. The van der Waals surface area contributed by atoms with Crippen LogP contribution in [-0.2, 0) is 14.8 Å². The lowest BCUT2D eigenvalue weighted by atomic mass is 10.1. The van der Waals surface area contributed by atoms with Crippen molar-refractivity contribution in [3.63, 3.8) is 0 Å². The number of aryl methyl sites for hydroxylation is 2. The van der Waals surface area contributed by atoms with E-state index in [0.29, 0.717) is 17.0 Å². The molecule has 1 fully saturated rings. The molecule has 2 aromatic carbocycles. The number of piperazine rings is 1. The maximum Gasteiger partial charge on any atom is 0.254 e. The molecule has 1 aliphatic heterocycles. The quantitative estimate of drug-likeness (QED) is 0.763. The zero-order chi connectivity index (χ0) is 22.8. The molecule has 0 saturated carbocycles. The summed E-state index contributed by atoms with van der Waals surface area (Å²) in [4.78, 5) is 25.9. The lowest BCUT2D eigenvalue weighted by molar-refractivity contribution is -0.114. The van der Waals surface area contributed by atoms with Gasteiger partial charge in [-0.25, -0.2) is 8.42 Å². The first kappa shape index (κ1) is 22.8. The van der Waals surface area contributed by atoms with Crippen molar-refractivity contribution in [2.24, 2.45) is 0 Å². The number of methoxy groups -OCH3 is 1. The average molecular weight is 446 g/mol. The van der Waals surface area contributed by atoms with Gasteiger partial charge in [0.25, 0.3) is 5.91 Å². The first-order valence-electron chi connectivity index (χ1n) is 9.96. The molecular weight excluding hydrogens is 418 g/mol. The van der Waals surface area contributed by atoms with Gasteiger partial charge in [-0.2, -0.15) is 4.31 Å². The van der Waals surface area contributed by atoms with E-state index in [9.17, 15) is 18.0 Å². The molecule has 0 unspecified atom stereocenters. The minimum absolute atomic E-state index is 0.140. The molecule has 3 rings (SSSR count). The molecule has 0 aromatic heterocycles. The number of sulfonamides is 1. The number of benzene rings is 2. The fourth-order valence-corrected chi connectivity index (χ4v) is 5.16. The number of hydrogen-bond acceptors (Lipinski definition) is 5. The topological polar surface area (TPSA) is 96.0 Å². The monoisotopic (exact) mass is 445 g/mol. The van der Waals surface area contributed by atoms with Crippen molar-refractivity contribution in [2.75, 3.05) is 38.6 Å². The summed E-state index contributed by atoms with van der Waals surface area (Å²) in [7, 11) is -2.30. The number of anilines is 1. The number of nitrogens with one attached hydrogen (secondary N) is 1. The van der Waals surface area contributed by atoms with Crippen molar-refractivity contribution in [1.29, 1.82) is 0 Å². The number of carbonyl (C=O) groups is 2. The van der Waals surface area contributed by atoms with E-state index in [1.54, 1.807) is 41.3 Å². The Labute approximate surface area is 182 Å². The highest BCUT2D eigenvalue weighted by Crippen LogP contribution is 2.30. The summed E-state index contributed by atoms with van der Waals surface area (Å²) in [6.07, 6.45) is 0. The van der Waals surface area contributed by atoms with Gasteiger partial charge in [0.1, 0.15) is 10.6 Å². The van der Waals surface area contributed by atoms with E-state index in [2.05, 4.69) is 5.32 Å². The van der Waals surface area contributed by atoms with E-state index < -0.39 is 10.0 Å². The third-order valence-corrected chi connectivity index (χ3v) is 7.27. The van der Waals surface area contributed by atoms with E-state index >= 15 is 0 Å². The SMILES string of the molecule is COc1cc(C)c(C)cc1S(=O)(=O)N1CCN(C(=O)c2cccc(NC(C)=O)c2)CC1. The molecule has 0 spiro atoms. The summed E-state index contributed by atoms with van der Waals surface area (Å²) < 4.78 is 33.2. The molecule has 2 amide bonds. The Balaban J connectivity index is 1.74. The molecule has 1 heterocycles. The number of carbonyl (C=O) groups excluding carboxylic acids is 2. The van der Waals surface area contributed by atoms with Crippen LogP contribution >= 0.6 is 0 Å². The van der Waals surface area contributed by atoms with Crippen LogP contribution in [0.4, 0.5) is 5.69 Å². The minimum atomic E-state index is -3.76. The van der Waals surface area contributed by atoms with E-state index in [4.69, 9.17) is 4.74 Å². The first-order valence-corrected chi connectivity index (χ1v) is 11.4. The predicted molar refractivity (Wildman–Crippen MR) is 118 cm³/mol. The van der Waals surface area contributed by atoms with Crippen molar-refractivity contribution in [2.45, 2.75) is 25.7 Å². The van der Waals surface area contributed by atoms with Crippen LogP contribution in [0.5, 0.6) is 5.75 Å². The molecule has 166 valence electrons. The van der Waals surface area contributed by atoms with Gasteiger partial charge in [-0.05, 0) is 55.3 Å². The van der Waals surface area contributed by atoms with Gasteiger partial charge in [0.05, 0.1) is 7.11 Å². The van der Waals surface area contributed by atoms with Gasteiger partial charge >= 0.3 is 0 Å². The van der Waals surface area contributed by atoms with E-state index in [0.717, 1.165) is 11.1 Å². The van der Waals surface area contributed by atoms with Gasteiger partial charge < -0.3 is 15.0 Å². The Morgan fingerprint density at radius 2 is 1.65 bits per heavy atom. The average Bonchev–Trinajstić information content (AvgIpc) is 2.74. The van der Waals surface area contributed by atoms with E-state index in [1.807, 2.05) is 13.8 Å². The normalized spacial score (nSPS) is 14.9. The molecule has 2 aromatic rings. The fourth-order valence-electron chi connectivity index (χ4n) is 3.51. The molecule has 1 saturated heterocycles. The van der Waals surface area contributed by atoms with Crippen molar-refractivity contribution in [3.8, 4) is 5.75 Å². The lowest BCUT2D eigenvalue weighted by Gasteiger charge is -2.34. The van der Waals surface area contributed by atoms with Crippen LogP contribution in [0, 0.1) is 13.8 Å². The third kappa shape index (κ3) is 4.88. The van der Waals surface area contributed by atoms with Crippen LogP contribution in [0.25, 0.3) is 0 Å². The van der Waals surface area contributed by atoms with Crippen LogP contribution < -0.4 is 10.1 Å². The van der Waals surface area contributed by atoms with Gasteiger partial charge in [0.15, 0.2) is 0 Å². The summed E-state index contributed by atoms with van der Waals surface area (Å²) in [5.74, 6) is -0.102. The predicted octanol–water partition coefficient (Wildman–Crippen LogP) is 2.42. The van der Waals surface area contributed by atoms with Crippen molar-refractivity contribution < 1.29 is 22.7 Å². The summed E-state index contributed by atoms with van der Waals surface area (Å²) in [6, 6.07) is 10.1. The lowest BCUT2D eigenvalue weighted by Crippen LogP contribution is -2.50. The molecule has 9 heteroatoms. The van der Waals surface area contributed by atoms with Crippen molar-refractivity contribution in [3.05, 3.63) is 53.1 Å². The van der Waals surface area contributed by atoms with E-state index in [-0.39, 0.29) is 42.9 Å². The summed E-state index contributed by atoms with van der Waals surface area (Å²) >= 11 is 0. The Morgan fingerprint density at radius 3 is 2.26 bits per heavy atom. The molecule has 8 nitrogen and oxygen atoms in total. The number of amides is 2. The Bertz CT molecular complexity index is 1110. The molecule has 0 bridgehead atoms. The number of hydrogen-bond donors (Lipinski definition) is 1. The fraction of sp³-hybridized carbons (Fsp3) is 0.364. The largest absolute Gasteiger partial charge is 0.495 e. The second-order valence-electron chi connectivity index (χ2n) is 7.55.